The van der Waals surface area contributed by atoms with E-state index in [1.807, 2.05) is 0 Å². The van der Waals surface area contributed by atoms with Crippen LogP contribution in [0.25, 0.3) is 11.5 Å². The molecule has 1 aromatic heterocycles. The Morgan fingerprint density at radius 1 is 1.33 bits per heavy atom. The van der Waals surface area contributed by atoms with E-state index < -0.39 is 11.7 Å². The predicted octanol–water partition coefficient (Wildman–Crippen LogP) is 3.77. The average molecular weight is 362 g/mol. The molecule has 1 aromatic carbocycles. The van der Waals surface area contributed by atoms with Crippen LogP contribution in [-0.4, -0.2) is 16.2 Å². The molecule has 21 heavy (non-hydrogen) atoms. The third kappa shape index (κ3) is 3.44. The molecule has 3 rings (SSSR count). The normalized spacial score (nSPS) is 15.4. The van der Waals surface area contributed by atoms with Gasteiger partial charge < -0.3 is 9.84 Å². The summed E-state index contributed by atoms with van der Waals surface area (Å²) in [5.74, 6) is 0.502. The summed E-state index contributed by atoms with van der Waals surface area (Å²) in [4.78, 5) is 4.13. The van der Waals surface area contributed by atoms with Gasteiger partial charge >= 0.3 is 6.18 Å². The van der Waals surface area contributed by atoms with Crippen molar-refractivity contribution in [3.63, 3.8) is 0 Å². The Bertz CT molecular complexity index is 652. The molecule has 0 aliphatic heterocycles. The smallest absolute Gasteiger partial charge is 0.334 e. The standard InChI is InChI=1S/C13H11BrF3N3O/c14-10-4-1-7(13(15,16)17)5-9(10)12-19-11(20-21-12)6-18-8-2-3-8/h1,4-5,8,18H,2-3,6H2. The van der Waals surface area contributed by atoms with Gasteiger partial charge in [0.1, 0.15) is 0 Å². The molecule has 0 amide bonds. The Labute approximate surface area is 126 Å². The first kappa shape index (κ1) is 14.5. The molecule has 1 fully saturated rings. The lowest BCUT2D eigenvalue weighted by atomic mass is 10.1. The quantitative estimate of drug-likeness (QED) is 0.900. The van der Waals surface area contributed by atoms with Crippen molar-refractivity contribution in [1.82, 2.24) is 15.5 Å². The maximum absolute atomic E-state index is 12.7. The first-order chi connectivity index (χ1) is 9.93. The fourth-order valence-corrected chi connectivity index (χ4v) is 2.24. The molecule has 1 N–H and O–H groups in total. The lowest BCUT2D eigenvalue weighted by Crippen LogP contribution is -2.16. The second-order valence-electron chi connectivity index (χ2n) is 4.86. The van der Waals surface area contributed by atoms with Crippen LogP contribution in [0.15, 0.2) is 27.2 Å². The first-order valence-electron chi connectivity index (χ1n) is 6.36. The molecule has 1 aliphatic rings. The van der Waals surface area contributed by atoms with Crippen molar-refractivity contribution >= 4 is 15.9 Å². The topological polar surface area (TPSA) is 51.0 Å². The van der Waals surface area contributed by atoms with Crippen molar-refractivity contribution < 1.29 is 17.7 Å². The summed E-state index contributed by atoms with van der Waals surface area (Å²) in [6.45, 7) is 0.449. The number of hydrogen-bond donors (Lipinski definition) is 1. The van der Waals surface area contributed by atoms with Crippen LogP contribution in [-0.2, 0) is 12.7 Å². The molecule has 2 aromatic rings. The number of alkyl halides is 3. The van der Waals surface area contributed by atoms with Crippen LogP contribution in [0.2, 0.25) is 0 Å². The van der Waals surface area contributed by atoms with Gasteiger partial charge in [-0.1, -0.05) is 5.16 Å². The van der Waals surface area contributed by atoms with Crippen molar-refractivity contribution in [2.75, 3.05) is 0 Å². The Morgan fingerprint density at radius 3 is 2.76 bits per heavy atom. The van der Waals surface area contributed by atoms with Crippen molar-refractivity contribution in [1.29, 1.82) is 0 Å². The minimum Gasteiger partial charge on any atom is -0.334 e. The number of hydrogen-bond acceptors (Lipinski definition) is 4. The van der Waals surface area contributed by atoms with Crippen LogP contribution in [0, 0.1) is 0 Å². The average Bonchev–Trinajstić information content (AvgIpc) is 3.13. The highest BCUT2D eigenvalue weighted by Crippen LogP contribution is 2.35. The molecule has 1 heterocycles. The Morgan fingerprint density at radius 2 is 2.10 bits per heavy atom. The molecule has 0 bridgehead atoms. The van der Waals surface area contributed by atoms with E-state index in [-0.39, 0.29) is 11.5 Å². The zero-order valence-electron chi connectivity index (χ0n) is 10.7. The van der Waals surface area contributed by atoms with Crippen LogP contribution in [0.3, 0.4) is 0 Å². The zero-order valence-corrected chi connectivity index (χ0v) is 12.3. The van der Waals surface area contributed by atoms with E-state index in [1.165, 1.54) is 6.07 Å². The van der Waals surface area contributed by atoms with Crippen molar-refractivity contribution in [2.45, 2.75) is 31.6 Å². The number of nitrogens with one attached hydrogen (secondary N) is 1. The van der Waals surface area contributed by atoms with Gasteiger partial charge in [0.05, 0.1) is 17.7 Å². The van der Waals surface area contributed by atoms with Gasteiger partial charge in [-0.05, 0) is 47.0 Å². The fraction of sp³-hybridized carbons (Fsp3) is 0.385. The molecule has 0 atom stereocenters. The van der Waals surface area contributed by atoms with Crippen LogP contribution >= 0.6 is 15.9 Å². The molecule has 0 saturated heterocycles. The number of nitrogens with zero attached hydrogens (tertiary/aromatic N) is 2. The summed E-state index contributed by atoms with van der Waals surface area (Å²) in [6, 6.07) is 3.81. The van der Waals surface area contributed by atoms with Crippen LogP contribution in [0.5, 0.6) is 0 Å². The number of halogens is 4. The maximum atomic E-state index is 12.7. The zero-order chi connectivity index (χ0) is 15.0. The van der Waals surface area contributed by atoms with E-state index in [0.29, 0.717) is 22.9 Å². The van der Waals surface area contributed by atoms with Crippen LogP contribution in [0.1, 0.15) is 24.2 Å². The second kappa shape index (κ2) is 5.42. The van der Waals surface area contributed by atoms with Gasteiger partial charge in [-0.25, -0.2) is 0 Å². The van der Waals surface area contributed by atoms with E-state index in [9.17, 15) is 13.2 Å². The maximum Gasteiger partial charge on any atom is 0.416 e. The van der Waals surface area contributed by atoms with Gasteiger partial charge in [-0.15, -0.1) is 0 Å². The second-order valence-corrected chi connectivity index (χ2v) is 5.72. The lowest BCUT2D eigenvalue weighted by molar-refractivity contribution is -0.137. The Hall–Kier alpha value is -1.41. The molecule has 0 unspecified atom stereocenters. The third-order valence-electron chi connectivity index (χ3n) is 3.12. The van der Waals surface area contributed by atoms with Crippen molar-refractivity contribution in [3.8, 4) is 11.5 Å². The summed E-state index contributed by atoms with van der Waals surface area (Å²) in [7, 11) is 0. The van der Waals surface area contributed by atoms with Crippen LogP contribution in [0.4, 0.5) is 13.2 Å². The monoisotopic (exact) mass is 361 g/mol. The highest BCUT2D eigenvalue weighted by Gasteiger charge is 2.31. The molecule has 4 nitrogen and oxygen atoms in total. The van der Waals surface area contributed by atoms with Gasteiger partial charge in [0.15, 0.2) is 5.82 Å². The minimum absolute atomic E-state index is 0.0700. The Kier molecular flexibility index (Phi) is 3.75. The molecule has 1 aliphatic carbocycles. The highest BCUT2D eigenvalue weighted by atomic mass is 79.9. The van der Waals surface area contributed by atoms with Gasteiger partial charge in [-0.3, -0.25) is 0 Å². The fourth-order valence-electron chi connectivity index (χ4n) is 1.82. The summed E-state index contributed by atoms with van der Waals surface area (Å²) >= 11 is 3.20. The molecular weight excluding hydrogens is 351 g/mol. The van der Waals surface area contributed by atoms with E-state index in [1.54, 1.807) is 0 Å². The lowest BCUT2D eigenvalue weighted by Gasteiger charge is -2.08. The van der Waals surface area contributed by atoms with E-state index >= 15 is 0 Å². The molecule has 0 spiro atoms. The highest BCUT2D eigenvalue weighted by molar-refractivity contribution is 9.10. The van der Waals surface area contributed by atoms with Crippen molar-refractivity contribution in [2.24, 2.45) is 0 Å². The number of aromatic nitrogens is 2. The molecule has 1 saturated carbocycles. The predicted molar refractivity (Wildman–Crippen MR) is 72.3 cm³/mol. The SMILES string of the molecule is FC(F)(F)c1ccc(Br)c(-c2nc(CNC3CC3)no2)c1. The van der Waals surface area contributed by atoms with Gasteiger partial charge in [0.2, 0.25) is 0 Å². The van der Waals surface area contributed by atoms with Gasteiger partial charge in [0.25, 0.3) is 5.89 Å². The summed E-state index contributed by atoms with van der Waals surface area (Å²) in [6.07, 6.45) is -2.15. The first-order valence-corrected chi connectivity index (χ1v) is 7.16. The molecule has 0 radical (unpaired) electrons. The van der Waals surface area contributed by atoms with E-state index in [0.717, 1.165) is 25.0 Å². The Balaban J connectivity index is 1.84. The number of benzene rings is 1. The third-order valence-corrected chi connectivity index (χ3v) is 3.81. The van der Waals surface area contributed by atoms with E-state index in [2.05, 4.69) is 31.4 Å². The van der Waals surface area contributed by atoms with Gasteiger partial charge in [-0.2, -0.15) is 18.2 Å². The molecule has 112 valence electrons. The minimum atomic E-state index is -4.41. The van der Waals surface area contributed by atoms with E-state index in [4.69, 9.17) is 4.52 Å². The van der Waals surface area contributed by atoms with Crippen molar-refractivity contribution in [3.05, 3.63) is 34.1 Å². The van der Waals surface area contributed by atoms with Crippen LogP contribution < -0.4 is 5.32 Å². The van der Waals surface area contributed by atoms with Gasteiger partial charge in [0, 0.05) is 10.5 Å². The summed E-state index contributed by atoms with van der Waals surface area (Å²) in [5, 5.41) is 6.99. The molecular formula is C13H11BrF3N3O. The summed E-state index contributed by atoms with van der Waals surface area (Å²) < 4.78 is 43.8. The number of rotatable bonds is 4. The summed E-state index contributed by atoms with van der Waals surface area (Å²) in [5.41, 5.74) is -0.522. The largest absolute Gasteiger partial charge is 0.416 e. The molecule has 8 heteroatoms.